The highest BCUT2D eigenvalue weighted by Crippen LogP contribution is 2.31. The second-order valence-electron chi connectivity index (χ2n) is 6.85. The average Bonchev–Trinajstić information content (AvgIpc) is 3.54. The maximum atomic E-state index is 12.7. The van der Waals surface area contributed by atoms with E-state index >= 15 is 0 Å². The summed E-state index contributed by atoms with van der Waals surface area (Å²) in [5.41, 5.74) is 2.33. The standard InChI is InChI=1S/C23H18N4O4/c1-29-16-10-8-15(9-11-16)24-21(28)14-27-13-18(17-5-2-3-6-19(17)27)22-25-26-23(31-22)20-7-4-12-30-20/h2-13H,14H2,1H3,(H,24,28). The van der Waals surface area contributed by atoms with Gasteiger partial charge in [0.25, 0.3) is 5.89 Å². The van der Waals surface area contributed by atoms with Crippen LogP contribution in [-0.4, -0.2) is 27.8 Å². The Labute approximate surface area is 177 Å². The summed E-state index contributed by atoms with van der Waals surface area (Å²) in [6, 6.07) is 18.5. The van der Waals surface area contributed by atoms with E-state index in [-0.39, 0.29) is 12.5 Å². The molecule has 0 aliphatic rings. The number of carbonyl (C=O) groups is 1. The van der Waals surface area contributed by atoms with Crippen LogP contribution in [0, 0.1) is 0 Å². The number of benzene rings is 2. The van der Waals surface area contributed by atoms with Crippen molar-refractivity contribution in [2.75, 3.05) is 12.4 Å². The van der Waals surface area contributed by atoms with Crippen molar-refractivity contribution in [2.24, 2.45) is 0 Å². The normalized spacial score (nSPS) is 11.0. The van der Waals surface area contributed by atoms with Gasteiger partial charge in [-0.1, -0.05) is 18.2 Å². The molecule has 0 atom stereocenters. The lowest BCUT2D eigenvalue weighted by Crippen LogP contribution is -2.18. The van der Waals surface area contributed by atoms with E-state index in [0.29, 0.717) is 23.2 Å². The van der Waals surface area contributed by atoms with Crippen LogP contribution >= 0.6 is 0 Å². The van der Waals surface area contributed by atoms with E-state index in [0.717, 1.165) is 22.2 Å². The van der Waals surface area contributed by atoms with Crippen LogP contribution in [0.1, 0.15) is 0 Å². The Kier molecular flexibility index (Phi) is 4.72. The molecule has 0 saturated carbocycles. The fourth-order valence-electron chi connectivity index (χ4n) is 3.41. The van der Waals surface area contributed by atoms with Crippen LogP contribution < -0.4 is 10.1 Å². The fraction of sp³-hybridized carbons (Fsp3) is 0.0870. The number of furan rings is 1. The lowest BCUT2D eigenvalue weighted by molar-refractivity contribution is -0.116. The van der Waals surface area contributed by atoms with E-state index in [1.807, 2.05) is 35.0 Å². The van der Waals surface area contributed by atoms with Crippen molar-refractivity contribution in [1.29, 1.82) is 0 Å². The van der Waals surface area contributed by atoms with E-state index in [1.165, 1.54) is 0 Å². The van der Waals surface area contributed by atoms with Crippen LogP contribution in [0.4, 0.5) is 5.69 Å². The predicted molar refractivity (Wildman–Crippen MR) is 115 cm³/mol. The highest BCUT2D eigenvalue weighted by atomic mass is 16.5. The molecule has 154 valence electrons. The van der Waals surface area contributed by atoms with Crippen LogP contribution in [0.2, 0.25) is 0 Å². The Hall–Kier alpha value is -4.33. The molecule has 0 spiro atoms. The van der Waals surface area contributed by atoms with Crippen LogP contribution in [0.15, 0.2) is 82.0 Å². The van der Waals surface area contributed by atoms with Crippen LogP contribution in [-0.2, 0) is 11.3 Å². The first-order valence-electron chi connectivity index (χ1n) is 9.61. The second-order valence-corrected chi connectivity index (χ2v) is 6.85. The van der Waals surface area contributed by atoms with Gasteiger partial charge in [-0.05, 0) is 42.5 Å². The molecule has 0 unspecified atom stereocenters. The van der Waals surface area contributed by atoms with Crippen molar-refractivity contribution in [1.82, 2.24) is 14.8 Å². The molecule has 1 amide bonds. The summed E-state index contributed by atoms with van der Waals surface area (Å²) in [5.74, 6) is 1.74. The maximum absolute atomic E-state index is 12.7. The van der Waals surface area contributed by atoms with Crippen molar-refractivity contribution < 1.29 is 18.4 Å². The summed E-state index contributed by atoms with van der Waals surface area (Å²) < 4.78 is 18.1. The van der Waals surface area contributed by atoms with Crippen LogP contribution in [0.3, 0.4) is 0 Å². The zero-order chi connectivity index (χ0) is 21.2. The van der Waals surface area contributed by atoms with E-state index < -0.39 is 0 Å². The van der Waals surface area contributed by atoms with Crippen molar-refractivity contribution in [3.05, 3.63) is 73.1 Å². The molecule has 5 aromatic rings. The van der Waals surface area contributed by atoms with Gasteiger partial charge in [0.15, 0.2) is 5.76 Å². The number of nitrogens with zero attached hydrogens (tertiary/aromatic N) is 3. The Bertz CT molecular complexity index is 1330. The number of fused-ring (bicyclic) bond motifs is 1. The summed E-state index contributed by atoms with van der Waals surface area (Å²) in [4.78, 5) is 12.7. The first kappa shape index (κ1) is 18.7. The molecule has 3 heterocycles. The van der Waals surface area contributed by atoms with Crippen molar-refractivity contribution >= 4 is 22.5 Å². The third-order valence-electron chi connectivity index (χ3n) is 4.86. The Morgan fingerprint density at radius 3 is 2.61 bits per heavy atom. The van der Waals surface area contributed by atoms with E-state index in [4.69, 9.17) is 13.6 Å². The number of hydrogen-bond donors (Lipinski definition) is 1. The lowest BCUT2D eigenvalue weighted by Gasteiger charge is -2.08. The molecular formula is C23H18N4O4. The molecule has 31 heavy (non-hydrogen) atoms. The van der Waals surface area contributed by atoms with E-state index in [9.17, 15) is 4.79 Å². The van der Waals surface area contributed by atoms with E-state index in [2.05, 4.69) is 15.5 Å². The van der Waals surface area contributed by atoms with Gasteiger partial charge >= 0.3 is 0 Å². The van der Waals surface area contributed by atoms with Gasteiger partial charge in [-0.15, -0.1) is 10.2 Å². The predicted octanol–water partition coefficient (Wildman–Crippen LogP) is 4.60. The molecule has 2 aromatic carbocycles. The quantitative estimate of drug-likeness (QED) is 0.436. The lowest BCUT2D eigenvalue weighted by atomic mass is 10.2. The van der Waals surface area contributed by atoms with Gasteiger partial charge in [0.2, 0.25) is 11.8 Å². The molecule has 0 bridgehead atoms. The highest BCUT2D eigenvalue weighted by Gasteiger charge is 2.18. The minimum absolute atomic E-state index is 0.131. The molecule has 0 aliphatic heterocycles. The molecule has 8 heteroatoms. The molecule has 0 fully saturated rings. The Balaban J connectivity index is 1.43. The molecule has 0 saturated heterocycles. The first-order valence-corrected chi connectivity index (χ1v) is 9.61. The monoisotopic (exact) mass is 414 g/mol. The number of rotatable bonds is 6. The molecule has 8 nitrogen and oxygen atoms in total. The van der Waals surface area contributed by atoms with E-state index in [1.54, 1.807) is 49.8 Å². The summed E-state index contributed by atoms with van der Waals surface area (Å²) in [6.45, 7) is 0.131. The summed E-state index contributed by atoms with van der Waals surface area (Å²) in [6.07, 6.45) is 3.39. The van der Waals surface area contributed by atoms with Crippen molar-refractivity contribution in [2.45, 2.75) is 6.54 Å². The molecule has 5 rings (SSSR count). The zero-order valence-corrected chi connectivity index (χ0v) is 16.6. The topological polar surface area (TPSA) is 95.3 Å². The fourth-order valence-corrected chi connectivity index (χ4v) is 3.41. The SMILES string of the molecule is COc1ccc(NC(=O)Cn2cc(-c3nnc(-c4ccco4)o3)c3ccccc32)cc1. The molecule has 3 aromatic heterocycles. The van der Waals surface area contributed by atoms with Gasteiger partial charge in [0, 0.05) is 22.8 Å². The molecule has 1 N–H and O–H groups in total. The zero-order valence-electron chi connectivity index (χ0n) is 16.6. The van der Waals surface area contributed by atoms with Gasteiger partial charge in [-0.3, -0.25) is 4.79 Å². The number of methoxy groups -OCH3 is 1. The summed E-state index contributed by atoms with van der Waals surface area (Å²) in [7, 11) is 1.60. The third kappa shape index (κ3) is 3.66. The minimum atomic E-state index is -0.153. The van der Waals surface area contributed by atoms with Crippen molar-refractivity contribution in [3.63, 3.8) is 0 Å². The van der Waals surface area contributed by atoms with Gasteiger partial charge in [0.05, 0.1) is 18.9 Å². The number of carbonyl (C=O) groups excluding carboxylic acids is 1. The maximum Gasteiger partial charge on any atom is 0.283 e. The van der Waals surface area contributed by atoms with Crippen molar-refractivity contribution in [3.8, 4) is 28.9 Å². The number of nitrogens with one attached hydrogen (secondary N) is 1. The van der Waals surface area contributed by atoms with Crippen LogP contribution in [0.25, 0.3) is 34.0 Å². The number of amides is 1. The third-order valence-corrected chi connectivity index (χ3v) is 4.86. The second kappa shape index (κ2) is 7.83. The molecule has 0 radical (unpaired) electrons. The largest absolute Gasteiger partial charge is 0.497 e. The number of hydrogen-bond acceptors (Lipinski definition) is 6. The number of para-hydroxylation sites is 1. The minimum Gasteiger partial charge on any atom is -0.497 e. The van der Waals surface area contributed by atoms with Crippen LogP contribution in [0.5, 0.6) is 5.75 Å². The van der Waals surface area contributed by atoms with Gasteiger partial charge in [-0.25, -0.2) is 0 Å². The Morgan fingerprint density at radius 1 is 1.03 bits per heavy atom. The van der Waals surface area contributed by atoms with Gasteiger partial charge in [0.1, 0.15) is 12.3 Å². The van der Waals surface area contributed by atoms with Gasteiger partial charge < -0.3 is 23.5 Å². The molecule has 0 aliphatic carbocycles. The number of aromatic nitrogens is 3. The first-order chi connectivity index (χ1) is 15.2. The summed E-state index contributed by atoms with van der Waals surface area (Å²) >= 11 is 0. The number of anilines is 1. The average molecular weight is 414 g/mol. The summed E-state index contributed by atoms with van der Waals surface area (Å²) in [5, 5.41) is 12.0. The highest BCUT2D eigenvalue weighted by molar-refractivity contribution is 5.96. The number of ether oxygens (including phenoxy) is 1. The smallest absolute Gasteiger partial charge is 0.283 e. The molecular weight excluding hydrogens is 396 g/mol. The van der Waals surface area contributed by atoms with Gasteiger partial charge in [-0.2, -0.15) is 0 Å². The Morgan fingerprint density at radius 2 is 1.84 bits per heavy atom.